The first kappa shape index (κ1) is 17.7. The van der Waals surface area contributed by atoms with E-state index in [1.807, 2.05) is 61.5 Å². The lowest BCUT2D eigenvalue weighted by molar-refractivity contribution is -0.154. The molecule has 4 rings (SSSR count). The number of morpholine rings is 1. The fourth-order valence-corrected chi connectivity index (χ4v) is 4.22. The normalized spacial score (nSPS) is 27.3. The van der Waals surface area contributed by atoms with Crippen LogP contribution < -0.4 is 5.48 Å². The Morgan fingerprint density at radius 1 is 1.11 bits per heavy atom. The summed E-state index contributed by atoms with van der Waals surface area (Å²) in [6.45, 7) is 2.41. The molecule has 2 aromatic carbocycles. The van der Waals surface area contributed by atoms with Crippen molar-refractivity contribution in [2.75, 3.05) is 13.2 Å². The second-order valence-corrected chi connectivity index (χ2v) is 7.38. The second-order valence-electron chi connectivity index (χ2n) is 7.38. The highest BCUT2D eigenvalue weighted by Gasteiger charge is 2.54. The predicted molar refractivity (Wildman–Crippen MR) is 99.0 cm³/mol. The molecular formula is C21H22N2O4. The quantitative estimate of drug-likeness (QED) is 0.644. The van der Waals surface area contributed by atoms with Crippen molar-refractivity contribution in [1.29, 1.82) is 0 Å². The molecule has 2 fully saturated rings. The molecule has 2 aliphatic heterocycles. The van der Waals surface area contributed by atoms with Crippen molar-refractivity contribution >= 4 is 11.8 Å². The molecule has 2 aliphatic rings. The van der Waals surface area contributed by atoms with Crippen LogP contribution in [0.15, 0.2) is 54.6 Å². The molecule has 2 aromatic rings. The Hall–Kier alpha value is -2.70. The van der Waals surface area contributed by atoms with Gasteiger partial charge >= 0.3 is 0 Å². The standard InChI is InChI=1S/C21H22N2O4/c1-21(16-9-7-15(8-10-16)14-5-3-2-4-6-14)11-17-12-27-13-18(19(24)22-26)23(17)20(21)25/h2-10,17-18,26H,11-13H2,1H3,(H,22,24)/t17?,18-,21+/m1/s1. The highest BCUT2D eigenvalue weighted by molar-refractivity contribution is 5.95. The van der Waals surface area contributed by atoms with Gasteiger partial charge in [-0.05, 0) is 30.0 Å². The number of benzene rings is 2. The lowest BCUT2D eigenvalue weighted by Crippen LogP contribution is -2.57. The summed E-state index contributed by atoms with van der Waals surface area (Å²) in [6, 6.07) is 17.1. The molecule has 2 heterocycles. The minimum Gasteiger partial charge on any atom is -0.377 e. The van der Waals surface area contributed by atoms with Crippen LogP contribution in [0, 0.1) is 0 Å². The van der Waals surface area contributed by atoms with Gasteiger partial charge in [-0.2, -0.15) is 0 Å². The van der Waals surface area contributed by atoms with E-state index < -0.39 is 17.4 Å². The molecule has 2 amide bonds. The monoisotopic (exact) mass is 366 g/mol. The minimum atomic E-state index is -0.799. The van der Waals surface area contributed by atoms with Crippen LogP contribution in [0.3, 0.4) is 0 Å². The topological polar surface area (TPSA) is 78.9 Å². The van der Waals surface area contributed by atoms with Crippen LogP contribution in [0.2, 0.25) is 0 Å². The minimum absolute atomic E-state index is 0.0949. The molecule has 27 heavy (non-hydrogen) atoms. The van der Waals surface area contributed by atoms with Crippen molar-refractivity contribution in [3.63, 3.8) is 0 Å². The van der Waals surface area contributed by atoms with Crippen LogP contribution in [-0.4, -0.2) is 47.2 Å². The van der Waals surface area contributed by atoms with Gasteiger partial charge in [0.1, 0.15) is 6.04 Å². The predicted octanol–water partition coefficient (Wildman–Crippen LogP) is 2.12. The molecular weight excluding hydrogens is 344 g/mol. The molecule has 0 saturated carbocycles. The van der Waals surface area contributed by atoms with Gasteiger partial charge in [0, 0.05) is 0 Å². The van der Waals surface area contributed by atoms with Crippen LogP contribution in [0.5, 0.6) is 0 Å². The molecule has 1 unspecified atom stereocenters. The number of nitrogens with zero attached hydrogens (tertiary/aromatic N) is 1. The number of ether oxygens (including phenoxy) is 1. The molecule has 0 radical (unpaired) electrons. The van der Waals surface area contributed by atoms with Crippen molar-refractivity contribution < 1.29 is 19.5 Å². The maximum absolute atomic E-state index is 13.3. The number of hydrogen-bond donors (Lipinski definition) is 2. The highest BCUT2D eigenvalue weighted by atomic mass is 16.5. The maximum Gasteiger partial charge on any atom is 0.268 e. The average molecular weight is 366 g/mol. The van der Waals surface area contributed by atoms with Crippen molar-refractivity contribution in [3.05, 3.63) is 60.2 Å². The largest absolute Gasteiger partial charge is 0.377 e. The Morgan fingerprint density at radius 2 is 1.78 bits per heavy atom. The summed E-state index contributed by atoms with van der Waals surface area (Å²) in [5, 5.41) is 8.99. The third-order valence-electron chi connectivity index (χ3n) is 5.71. The maximum atomic E-state index is 13.3. The molecule has 140 valence electrons. The van der Waals surface area contributed by atoms with Gasteiger partial charge in [-0.1, -0.05) is 54.6 Å². The van der Waals surface area contributed by atoms with Crippen LogP contribution >= 0.6 is 0 Å². The van der Waals surface area contributed by atoms with Gasteiger partial charge in [0.05, 0.1) is 24.7 Å². The Kier molecular flexibility index (Phi) is 4.45. The summed E-state index contributed by atoms with van der Waals surface area (Å²) < 4.78 is 5.51. The van der Waals surface area contributed by atoms with Crippen LogP contribution in [-0.2, 0) is 19.7 Å². The SMILES string of the molecule is C[C@@]1(c2ccc(-c3ccccc3)cc2)CC2COC[C@H](C(=O)NO)N2C1=O. The van der Waals surface area contributed by atoms with E-state index in [2.05, 4.69) is 0 Å². The molecule has 0 aliphatic carbocycles. The van der Waals surface area contributed by atoms with Gasteiger partial charge in [0.2, 0.25) is 5.91 Å². The van der Waals surface area contributed by atoms with E-state index in [0.717, 1.165) is 16.7 Å². The first-order chi connectivity index (χ1) is 13.0. The number of amides is 2. The molecule has 3 atom stereocenters. The molecule has 0 spiro atoms. The van der Waals surface area contributed by atoms with Crippen molar-refractivity contribution in [2.24, 2.45) is 0 Å². The van der Waals surface area contributed by atoms with E-state index in [1.165, 1.54) is 0 Å². The zero-order valence-electron chi connectivity index (χ0n) is 15.1. The number of hydroxylamine groups is 1. The number of rotatable bonds is 3. The molecule has 0 bridgehead atoms. The van der Waals surface area contributed by atoms with Crippen molar-refractivity contribution in [2.45, 2.75) is 30.8 Å². The Labute approximate surface area is 157 Å². The Bertz CT molecular complexity index is 852. The summed E-state index contributed by atoms with van der Waals surface area (Å²) in [7, 11) is 0. The van der Waals surface area contributed by atoms with Gasteiger partial charge in [-0.25, -0.2) is 5.48 Å². The summed E-state index contributed by atoms with van der Waals surface area (Å²) in [4.78, 5) is 26.8. The third kappa shape index (κ3) is 2.91. The van der Waals surface area contributed by atoms with Crippen LogP contribution in [0.4, 0.5) is 0 Å². The third-order valence-corrected chi connectivity index (χ3v) is 5.71. The van der Waals surface area contributed by atoms with E-state index in [4.69, 9.17) is 9.94 Å². The summed E-state index contributed by atoms with van der Waals surface area (Å²) in [5.41, 5.74) is 4.06. The number of hydrogen-bond acceptors (Lipinski definition) is 4. The van der Waals surface area contributed by atoms with Gasteiger partial charge < -0.3 is 9.64 Å². The number of nitrogens with one attached hydrogen (secondary N) is 1. The summed E-state index contributed by atoms with van der Waals surface area (Å²) >= 11 is 0. The van der Waals surface area contributed by atoms with E-state index in [-0.39, 0.29) is 18.6 Å². The fourth-order valence-electron chi connectivity index (χ4n) is 4.22. The van der Waals surface area contributed by atoms with Crippen molar-refractivity contribution in [1.82, 2.24) is 10.4 Å². The molecule has 2 N–H and O–H groups in total. The van der Waals surface area contributed by atoms with Gasteiger partial charge in [-0.15, -0.1) is 0 Å². The lowest BCUT2D eigenvalue weighted by atomic mass is 9.79. The molecule has 2 saturated heterocycles. The van der Waals surface area contributed by atoms with Crippen LogP contribution in [0.25, 0.3) is 11.1 Å². The van der Waals surface area contributed by atoms with E-state index in [0.29, 0.717) is 13.0 Å². The Morgan fingerprint density at radius 3 is 2.44 bits per heavy atom. The van der Waals surface area contributed by atoms with E-state index in [1.54, 1.807) is 10.4 Å². The number of carbonyl (C=O) groups excluding carboxylic acids is 2. The smallest absolute Gasteiger partial charge is 0.268 e. The molecule has 6 nitrogen and oxygen atoms in total. The molecule has 6 heteroatoms. The lowest BCUT2D eigenvalue weighted by Gasteiger charge is -2.36. The van der Waals surface area contributed by atoms with Gasteiger partial charge in [0.25, 0.3) is 5.91 Å². The van der Waals surface area contributed by atoms with E-state index >= 15 is 0 Å². The number of fused-ring (bicyclic) bond motifs is 1. The average Bonchev–Trinajstić information content (AvgIpc) is 2.99. The van der Waals surface area contributed by atoms with Gasteiger partial charge in [0.15, 0.2) is 0 Å². The van der Waals surface area contributed by atoms with Crippen LogP contribution in [0.1, 0.15) is 18.9 Å². The number of carbonyl (C=O) groups is 2. The second kappa shape index (κ2) is 6.79. The van der Waals surface area contributed by atoms with Gasteiger partial charge in [-0.3, -0.25) is 14.8 Å². The summed E-state index contributed by atoms with van der Waals surface area (Å²) in [6.07, 6.45) is 0.575. The Balaban J connectivity index is 1.64. The summed E-state index contributed by atoms with van der Waals surface area (Å²) in [5.74, 6) is -0.714. The van der Waals surface area contributed by atoms with Crippen molar-refractivity contribution in [3.8, 4) is 11.1 Å². The highest BCUT2D eigenvalue weighted by Crippen LogP contribution is 2.42. The molecule has 0 aromatic heterocycles. The first-order valence-electron chi connectivity index (χ1n) is 9.05. The first-order valence-corrected chi connectivity index (χ1v) is 9.05. The zero-order valence-corrected chi connectivity index (χ0v) is 15.1. The zero-order chi connectivity index (χ0) is 19.0. The fraction of sp³-hybridized carbons (Fsp3) is 0.333. The van der Waals surface area contributed by atoms with E-state index in [9.17, 15) is 9.59 Å².